The van der Waals surface area contributed by atoms with Crippen molar-refractivity contribution in [3.63, 3.8) is 0 Å². The molecule has 1 N–H and O–H groups in total. The van der Waals surface area contributed by atoms with Crippen LogP contribution in [0.25, 0.3) is 6.08 Å². The molecule has 0 radical (unpaired) electrons. The number of imide groups is 1. The van der Waals surface area contributed by atoms with Crippen LogP contribution in [0.4, 0.5) is 10.5 Å². The fourth-order valence-electron chi connectivity index (χ4n) is 3.42. The highest BCUT2D eigenvalue weighted by Gasteiger charge is 2.35. The third-order valence-corrected chi connectivity index (χ3v) is 6.70. The fourth-order valence-corrected chi connectivity index (χ4v) is 4.41. The highest BCUT2D eigenvalue weighted by atomic mass is 35.5. The van der Waals surface area contributed by atoms with Gasteiger partial charge < -0.3 is 15.0 Å². The number of ether oxygens (including phenoxy) is 1. The van der Waals surface area contributed by atoms with E-state index in [0.717, 1.165) is 35.3 Å². The second kappa shape index (κ2) is 13.2. The smallest absolute Gasteiger partial charge is 0.338 e. The maximum atomic E-state index is 12.6. The molecule has 1 fully saturated rings. The summed E-state index contributed by atoms with van der Waals surface area (Å²) in [5, 5.41) is 2.87. The average molecular weight is 530 g/mol. The van der Waals surface area contributed by atoms with E-state index in [-0.39, 0.29) is 18.9 Å². The zero-order chi connectivity index (χ0) is 26.1. The zero-order valence-electron chi connectivity index (χ0n) is 20.2. The van der Waals surface area contributed by atoms with Crippen LogP contribution in [0.15, 0.2) is 53.4 Å². The van der Waals surface area contributed by atoms with Gasteiger partial charge in [-0.1, -0.05) is 37.6 Å². The Morgan fingerprint density at radius 3 is 2.36 bits per heavy atom. The number of carbonyl (C=O) groups is 4. The summed E-state index contributed by atoms with van der Waals surface area (Å²) in [5.74, 6) is -1.21. The molecule has 0 spiro atoms. The molecule has 2 aromatic rings. The van der Waals surface area contributed by atoms with Crippen LogP contribution in [0.1, 0.15) is 36.2 Å². The predicted octanol–water partition coefficient (Wildman–Crippen LogP) is 4.90. The molecular weight excluding hydrogens is 502 g/mol. The number of halogens is 1. The lowest BCUT2D eigenvalue weighted by atomic mass is 10.2. The standard InChI is InChI=1S/C26H28ClN3O5S/c1-3-29(4-2)15-16-35-25(33)19-7-11-21(12-8-19)28-23(31)13-14-30-24(32)22(36-26(30)34)17-18-5-9-20(27)10-6-18/h5-12,17H,3-4,13-16H2,1-2H3,(H,28,31). The Balaban J connectivity index is 1.47. The number of rotatable bonds is 11. The van der Waals surface area contributed by atoms with Crippen molar-refractivity contribution in [1.29, 1.82) is 0 Å². The highest BCUT2D eigenvalue weighted by Crippen LogP contribution is 2.32. The van der Waals surface area contributed by atoms with Gasteiger partial charge in [-0.2, -0.15) is 0 Å². The van der Waals surface area contributed by atoms with Crippen molar-refractivity contribution >= 4 is 58.1 Å². The number of carbonyl (C=O) groups excluding carboxylic acids is 4. The fraction of sp³-hybridized carbons (Fsp3) is 0.308. The predicted molar refractivity (Wildman–Crippen MR) is 142 cm³/mol. The normalized spacial score (nSPS) is 14.6. The maximum absolute atomic E-state index is 12.6. The zero-order valence-corrected chi connectivity index (χ0v) is 21.7. The maximum Gasteiger partial charge on any atom is 0.338 e. The lowest BCUT2D eigenvalue weighted by Crippen LogP contribution is -2.31. The SMILES string of the molecule is CCN(CC)CCOC(=O)c1ccc(NC(=O)CCN2C(=O)SC(=Cc3ccc(Cl)cc3)C2=O)cc1. The van der Waals surface area contributed by atoms with E-state index in [1.54, 1.807) is 54.6 Å². The van der Waals surface area contributed by atoms with Gasteiger partial charge >= 0.3 is 5.97 Å². The Morgan fingerprint density at radius 1 is 1.06 bits per heavy atom. The number of hydrogen-bond donors (Lipinski definition) is 1. The molecule has 3 amide bonds. The van der Waals surface area contributed by atoms with Gasteiger partial charge in [-0.3, -0.25) is 19.3 Å². The summed E-state index contributed by atoms with van der Waals surface area (Å²) < 4.78 is 5.30. The van der Waals surface area contributed by atoms with Crippen LogP contribution in [0.3, 0.4) is 0 Å². The molecule has 8 nitrogen and oxygen atoms in total. The van der Waals surface area contributed by atoms with Gasteiger partial charge in [-0.25, -0.2) is 4.79 Å². The molecule has 1 saturated heterocycles. The topological polar surface area (TPSA) is 96.0 Å². The molecule has 1 heterocycles. The summed E-state index contributed by atoms with van der Waals surface area (Å²) in [6.07, 6.45) is 1.57. The van der Waals surface area contributed by atoms with E-state index in [0.29, 0.717) is 34.3 Å². The van der Waals surface area contributed by atoms with E-state index in [1.165, 1.54) is 0 Å². The van der Waals surface area contributed by atoms with Crippen LogP contribution in [-0.4, -0.2) is 65.6 Å². The number of hydrogen-bond acceptors (Lipinski definition) is 7. The number of benzene rings is 2. The first-order chi connectivity index (χ1) is 17.3. The van der Waals surface area contributed by atoms with Gasteiger partial charge in [0, 0.05) is 30.2 Å². The van der Waals surface area contributed by atoms with Crippen molar-refractivity contribution in [2.75, 3.05) is 38.1 Å². The molecule has 1 aliphatic rings. The van der Waals surface area contributed by atoms with E-state index in [9.17, 15) is 19.2 Å². The number of anilines is 1. The van der Waals surface area contributed by atoms with E-state index >= 15 is 0 Å². The molecule has 2 aromatic carbocycles. The van der Waals surface area contributed by atoms with E-state index in [1.807, 2.05) is 0 Å². The van der Waals surface area contributed by atoms with Crippen molar-refractivity contribution in [2.45, 2.75) is 20.3 Å². The largest absolute Gasteiger partial charge is 0.461 e. The van der Waals surface area contributed by atoms with Crippen molar-refractivity contribution in [1.82, 2.24) is 9.80 Å². The number of thioether (sulfide) groups is 1. The quantitative estimate of drug-likeness (QED) is 0.326. The summed E-state index contributed by atoms with van der Waals surface area (Å²) >= 11 is 6.71. The molecule has 0 aliphatic carbocycles. The summed E-state index contributed by atoms with van der Waals surface area (Å²) in [6.45, 7) is 6.83. The van der Waals surface area contributed by atoms with Crippen LogP contribution in [0.5, 0.6) is 0 Å². The Kier molecular flexibility index (Phi) is 10.1. The number of amides is 3. The first-order valence-corrected chi connectivity index (χ1v) is 12.8. The van der Waals surface area contributed by atoms with Gasteiger partial charge in [-0.15, -0.1) is 0 Å². The van der Waals surface area contributed by atoms with Gasteiger partial charge in [0.2, 0.25) is 5.91 Å². The van der Waals surface area contributed by atoms with Crippen LogP contribution >= 0.6 is 23.4 Å². The van der Waals surface area contributed by atoms with E-state index < -0.39 is 17.1 Å². The van der Waals surface area contributed by atoms with Crippen LogP contribution in [0, 0.1) is 0 Å². The summed E-state index contributed by atoms with van der Waals surface area (Å²) in [7, 11) is 0. The molecule has 0 atom stereocenters. The van der Waals surface area contributed by atoms with Gasteiger partial charge in [0.25, 0.3) is 11.1 Å². The molecule has 0 saturated carbocycles. The highest BCUT2D eigenvalue weighted by molar-refractivity contribution is 8.18. The third-order valence-electron chi connectivity index (χ3n) is 5.54. The van der Waals surface area contributed by atoms with Crippen molar-refractivity contribution in [3.8, 4) is 0 Å². The van der Waals surface area contributed by atoms with Crippen molar-refractivity contribution in [3.05, 3.63) is 69.6 Å². The Hall–Kier alpha value is -3.14. The summed E-state index contributed by atoms with van der Waals surface area (Å²) in [4.78, 5) is 53.0. The number of likely N-dealkylation sites (N-methyl/N-ethyl adjacent to an activating group) is 1. The lowest BCUT2D eigenvalue weighted by Gasteiger charge is -2.17. The molecule has 0 unspecified atom stereocenters. The minimum Gasteiger partial charge on any atom is -0.461 e. The van der Waals surface area contributed by atoms with Crippen molar-refractivity contribution < 1.29 is 23.9 Å². The van der Waals surface area contributed by atoms with Crippen LogP contribution < -0.4 is 5.32 Å². The summed E-state index contributed by atoms with van der Waals surface area (Å²) in [5.41, 5.74) is 1.63. The Labute approximate surface area is 219 Å². The molecule has 3 rings (SSSR count). The first kappa shape index (κ1) is 27.4. The number of esters is 1. The Bertz CT molecular complexity index is 1130. The second-order valence-corrected chi connectivity index (χ2v) is 9.35. The number of nitrogens with zero attached hydrogens (tertiary/aromatic N) is 2. The minimum absolute atomic E-state index is 0.0363. The van der Waals surface area contributed by atoms with Gasteiger partial charge in [0.1, 0.15) is 6.61 Å². The second-order valence-electron chi connectivity index (χ2n) is 7.92. The lowest BCUT2D eigenvalue weighted by molar-refractivity contribution is -0.123. The Morgan fingerprint density at radius 2 is 1.72 bits per heavy atom. The molecule has 10 heteroatoms. The van der Waals surface area contributed by atoms with Gasteiger partial charge in [0.15, 0.2) is 0 Å². The van der Waals surface area contributed by atoms with Crippen molar-refractivity contribution in [2.24, 2.45) is 0 Å². The third kappa shape index (κ3) is 7.68. The van der Waals surface area contributed by atoms with Gasteiger partial charge in [-0.05, 0) is 72.9 Å². The van der Waals surface area contributed by atoms with Gasteiger partial charge in [0.05, 0.1) is 10.5 Å². The molecule has 190 valence electrons. The van der Waals surface area contributed by atoms with Crippen LogP contribution in [-0.2, 0) is 14.3 Å². The summed E-state index contributed by atoms with van der Waals surface area (Å²) in [6, 6.07) is 13.3. The first-order valence-electron chi connectivity index (χ1n) is 11.6. The molecule has 0 aromatic heterocycles. The molecule has 36 heavy (non-hydrogen) atoms. The van der Waals surface area contributed by atoms with E-state index in [2.05, 4.69) is 24.1 Å². The minimum atomic E-state index is -0.434. The molecule has 1 aliphatic heterocycles. The monoisotopic (exact) mass is 529 g/mol. The number of nitrogens with one attached hydrogen (secondary N) is 1. The van der Waals surface area contributed by atoms with E-state index in [4.69, 9.17) is 16.3 Å². The molecule has 0 bridgehead atoms. The molecular formula is C26H28ClN3O5S. The average Bonchev–Trinajstić information content (AvgIpc) is 3.14. The van der Waals surface area contributed by atoms with Crippen LogP contribution in [0.2, 0.25) is 5.02 Å².